The van der Waals surface area contributed by atoms with E-state index in [0.717, 1.165) is 31.7 Å². The SMILES string of the molecule is CN1CCN(CC(=O)NC(CCc2ccccc2)C(N)=O)CC1. The minimum absolute atomic E-state index is 0.133. The van der Waals surface area contributed by atoms with Crippen LogP contribution in [0, 0.1) is 0 Å². The number of likely N-dealkylation sites (N-methyl/N-ethyl adjacent to an activating group) is 1. The molecule has 0 saturated carbocycles. The van der Waals surface area contributed by atoms with E-state index in [0.29, 0.717) is 19.4 Å². The smallest absolute Gasteiger partial charge is 0.240 e. The van der Waals surface area contributed by atoms with Crippen molar-refractivity contribution in [3.05, 3.63) is 35.9 Å². The average molecular weight is 318 g/mol. The molecule has 0 radical (unpaired) electrons. The largest absolute Gasteiger partial charge is 0.368 e. The van der Waals surface area contributed by atoms with Crippen LogP contribution in [0.25, 0.3) is 0 Å². The number of carbonyl (C=O) groups is 2. The van der Waals surface area contributed by atoms with Crippen molar-refractivity contribution in [3.63, 3.8) is 0 Å². The number of primary amides is 1. The van der Waals surface area contributed by atoms with Crippen molar-refractivity contribution in [2.24, 2.45) is 5.73 Å². The van der Waals surface area contributed by atoms with Crippen LogP contribution in [0.3, 0.4) is 0 Å². The van der Waals surface area contributed by atoms with Gasteiger partial charge in [0.2, 0.25) is 11.8 Å². The maximum atomic E-state index is 12.1. The first-order chi connectivity index (χ1) is 11.0. The summed E-state index contributed by atoms with van der Waals surface area (Å²) in [4.78, 5) is 28.1. The molecule has 0 spiro atoms. The van der Waals surface area contributed by atoms with Crippen LogP contribution < -0.4 is 11.1 Å². The summed E-state index contributed by atoms with van der Waals surface area (Å²) in [5, 5.41) is 2.78. The monoisotopic (exact) mass is 318 g/mol. The lowest BCUT2D eigenvalue weighted by molar-refractivity contribution is -0.128. The van der Waals surface area contributed by atoms with Gasteiger partial charge in [0.1, 0.15) is 6.04 Å². The lowest BCUT2D eigenvalue weighted by atomic mass is 10.0. The number of hydrogen-bond acceptors (Lipinski definition) is 4. The molecule has 0 bridgehead atoms. The predicted octanol–water partition coefficient (Wildman–Crippen LogP) is -0.163. The number of benzene rings is 1. The molecule has 2 amide bonds. The summed E-state index contributed by atoms with van der Waals surface area (Å²) in [6, 6.07) is 9.26. The molecule has 1 aliphatic rings. The fourth-order valence-corrected chi connectivity index (χ4v) is 2.69. The number of aryl methyl sites for hydroxylation is 1. The van der Waals surface area contributed by atoms with E-state index in [2.05, 4.69) is 22.2 Å². The predicted molar refractivity (Wildman–Crippen MR) is 89.8 cm³/mol. The molecule has 2 rings (SSSR count). The number of nitrogens with two attached hydrogens (primary N) is 1. The maximum Gasteiger partial charge on any atom is 0.240 e. The van der Waals surface area contributed by atoms with Gasteiger partial charge >= 0.3 is 0 Å². The number of carbonyl (C=O) groups excluding carboxylic acids is 2. The van der Waals surface area contributed by atoms with E-state index in [4.69, 9.17) is 5.73 Å². The van der Waals surface area contributed by atoms with Gasteiger partial charge in [-0.05, 0) is 25.5 Å². The molecule has 3 N–H and O–H groups in total. The Morgan fingerprint density at radius 1 is 1.17 bits per heavy atom. The number of nitrogens with one attached hydrogen (secondary N) is 1. The Hall–Kier alpha value is -1.92. The van der Waals surface area contributed by atoms with Gasteiger partial charge in [-0.25, -0.2) is 0 Å². The number of nitrogens with zero attached hydrogens (tertiary/aromatic N) is 2. The van der Waals surface area contributed by atoms with Gasteiger partial charge in [-0.2, -0.15) is 0 Å². The maximum absolute atomic E-state index is 12.1. The van der Waals surface area contributed by atoms with Crippen LogP contribution in [-0.2, 0) is 16.0 Å². The number of hydrogen-bond donors (Lipinski definition) is 2. The molecule has 1 aliphatic heterocycles. The Morgan fingerprint density at radius 3 is 2.43 bits per heavy atom. The molecule has 23 heavy (non-hydrogen) atoms. The van der Waals surface area contributed by atoms with E-state index in [-0.39, 0.29) is 5.91 Å². The van der Waals surface area contributed by atoms with Crippen molar-refractivity contribution in [1.82, 2.24) is 15.1 Å². The Bertz CT molecular complexity index is 513. The summed E-state index contributed by atoms with van der Waals surface area (Å²) >= 11 is 0. The quantitative estimate of drug-likeness (QED) is 0.732. The highest BCUT2D eigenvalue weighted by Crippen LogP contribution is 2.05. The molecule has 1 atom stereocenters. The second-order valence-corrected chi connectivity index (χ2v) is 6.13. The van der Waals surface area contributed by atoms with Crippen LogP contribution >= 0.6 is 0 Å². The zero-order chi connectivity index (χ0) is 16.7. The van der Waals surface area contributed by atoms with E-state index in [1.807, 2.05) is 30.3 Å². The van der Waals surface area contributed by atoms with E-state index >= 15 is 0 Å². The van der Waals surface area contributed by atoms with E-state index in [1.165, 1.54) is 0 Å². The van der Waals surface area contributed by atoms with Crippen LogP contribution in [0.4, 0.5) is 0 Å². The fraction of sp³-hybridized carbons (Fsp3) is 0.529. The molecule has 1 fully saturated rings. The molecule has 0 aromatic heterocycles. The van der Waals surface area contributed by atoms with Gasteiger partial charge in [-0.1, -0.05) is 30.3 Å². The summed E-state index contributed by atoms with van der Waals surface area (Å²) < 4.78 is 0. The van der Waals surface area contributed by atoms with E-state index in [9.17, 15) is 9.59 Å². The molecular formula is C17H26N4O2. The highest BCUT2D eigenvalue weighted by atomic mass is 16.2. The standard InChI is InChI=1S/C17H26N4O2/c1-20-9-11-21(12-10-20)13-16(22)19-15(17(18)23)8-7-14-5-3-2-4-6-14/h2-6,15H,7-13H2,1H3,(H2,18,23)(H,19,22). The van der Waals surface area contributed by atoms with Crippen LogP contribution in [0.5, 0.6) is 0 Å². The minimum atomic E-state index is -0.616. The molecule has 0 aliphatic carbocycles. The molecular weight excluding hydrogens is 292 g/mol. The summed E-state index contributed by atoms with van der Waals surface area (Å²) in [5.74, 6) is -0.612. The van der Waals surface area contributed by atoms with Crippen LogP contribution in [0.1, 0.15) is 12.0 Å². The fourth-order valence-electron chi connectivity index (χ4n) is 2.69. The summed E-state index contributed by atoms with van der Waals surface area (Å²) in [7, 11) is 2.07. The lowest BCUT2D eigenvalue weighted by Gasteiger charge is -2.32. The number of rotatable bonds is 7. The first-order valence-electron chi connectivity index (χ1n) is 8.08. The Kier molecular flexibility index (Phi) is 6.55. The molecule has 1 aromatic carbocycles. The number of piperazine rings is 1. The summed E-state index contributed by atoms with van der Waals surface area (Å²) in [6.07, 6.45) is 1.23. The van der Waals surface area contributed by atoms with Crippen LogP contribution in [0.2, 0.25) is 0 Å². The first kappa shape index (κ1) is 17.4. The van der Waals surface area contributed by atoms with Crippen molar-refractivity contribution in [3.8, 4) is 0 Å². The van der Waals surface area contributed by atoms with Crippen molar-refractivity contribution >= 4 is 11.8 Å². The van der Waals surface area contributed by atoms with Gasteiger partial charge < -0.3 is 16.0 Å². The van der Waals surface area contributed by atoms with Crippen molar-refractivity contribution in [2.45, 2.75) is 18.9 Å². The number of amides is 2. The third-order valence-corrected chi connectivity index (χ3v) is 4.21. The van der Waals surface area contributed by atoms with Gasteiger partial charge in [0.05, 0.1) is 6.54 Å². The van der Waals surface area contributed by atoms with Gasteiger partial charge in [0.15, 0.2) is 0 Å². The van der Waals surface area contributed by atoms with Gasteiger partial charge in [-0.3, -0.25) is 14.5 Å². The van der Waals surface area contributed by atoms with Crippen molar-refractivity contribution < 1.29 is 9.59 Å². The lowest BCUT2D eigenvalue weighted by Crippen LogP contribution is -2.51. The molecule has 1 saturated heterocycles. The molecule has 1 unspecified atom stereocenters. The average Bonchev–Trinajstić information content (AvgIpc) is 2.54. The first-order valence-corrected chi connectivity index (χ1v) is 8.08. The van der Waals surface area contributed by atoms with E-state index in [1.54, 1.807) is 0 Å². The molecule has 126 valence electrons. The van der Waals surface area contributed by atoms with E-state index < -0.39 is 11.9 Å². The molecule has 1 heterocycles. The third-order valence-electron chi connectivity index (χ3n) is 4.21. The van der Waals surface area contributed by atoms with Gasteiger partial charge in [0.25, 0.3) is 0 Å². The highest BCUT2D eigenvalue weighted by Gasteiger charge is 2.21. The van der Waals surface area contributed by atoms with Crippen LogP contribution in [-0.4, -0.2) is 67.4 Å². The third kappa shape index (κ3) is 6.00. The molecule has 6 nitrogen and oxygen atoms in total. The normalized spacial score (nSPS) is 17.6. The Balaban J connectivity index is 1.79. The zero-order valence-corrected chi connectivity index (χ0v) is 13.7. The Morgan fingerprint density at radius 2 is 1.83 bits per heavy atom. The Labute approximate surface area is 137 Å². The zero-order valence-electron chi connectivity index (χ0n) is 13.7. The van der Waals surface area contributed by atoms with Crippen molar-refractivity contribution in [1.29, 1.82) is 0 Å². The van der Waals surface area contributed by atoms with Gasteiger partial charge in [0, 0.05) is 26.2 Å². The topological polar surface area (TPSA) is 78.7 Å². The summed E-state index contributed by atoms with van der Waals surface area (Å²) in [5.41, 5.74) is 6.56. The van der Waals surface area contributed by atoms with Crippen molar-refractivity contribution in [2.75, 3.05) is 39.8 Å². The van der Waals surface area contributed by atoms with Gasteiger partial charge in [-0.15, -0.1) is 0 Å². The molecule has 1 aromatic rings. The highest BCUT2D eigenvalue weighted by molar-refractivity contribution is 5.87. The van der Waals surface area contributed by atoms with Crippen LogP contribution in [0.15, 0.2) is 30.3 Å². The summed E-state index contributed by atoms with van der Waals surface area (Å²) in [6.45, 7) is 3.98. The second kappa shape index (κ2) is 8.64. The second-order valence-electron chi connectivity index (χ2n) is 6.13. The minimum Gasteiger partial charge on any atom is -0.368 e. The molecule has 6 heteroatoms.